The van der Waals surface area contributed by atoms with Crippen LogP contribution in [0.25, 0.3) is 0 Å². The first kappa shape index (κ1) is 14.0. The lowest BCUT2D eigenvalue weighted by atomic mass is 10.1. The van der Waals surface area contributed by atoms with Crippen LogP contribution in [0.15, 0.2) is 29.4 Å². The van der Waals surface area contributed by atoms with Gasteiger partial charge < -0.3 is 5.32 Å². The Morgan fingerprint density at radius 3 is 2.58 bits per heavy atom. The lowest BCUT2D eigenvalue weighted by Gasteiger charge is -2.13. The molecule has 0 fully saturated rings. The molecule has 7 heteroatoms. The van der Waals surface area contributed by atoms with Gasteiger partial charge in [0, 0.05) is 10.9 Å². The maximum atomic E-state index is 12.2. The van der Waals surface area contributed by atoms with Crippen molar-refractivity contribution in [3.05, 3.63) is 29.3 Å². The summed E-state index contributed by atoms with van der Waals surface area (Å²) in [4.78, 5) is 0. The molecule has 1 unspecified atom stereocenters. The molecular weight excluding hydrogens is 279 g/mol. The largest absolute Gasteiger partial charge is 0.405 e. The molecule has 1 aliphatic rings. The van der Waals surface area contributed by atoms with E-state index < -0.39 is 12.7 Å². The van der Waals surface area contributed by atoms with Crippen LogP contribution in [-0.2, 0) is 0 Å². The highest BCUT2D eigenvalue weighted by molar-refractivity contribution is 6.30. The van der Waals surface area contributed by atoms with E-state index in [9.17, 15) is 13.2 Å². The second-order valence-corrected chi connectivity index (χ2v) is 4.85. The van der Waals surface area contributed by atoms with E-state index in [2.05, 4.69) is 10.4 Å². The van der Waals surface area contributed by atoms with Crippen LogP contribution < -0.4 is 10.3 Å². The van der Waals surface area contributed by atoms with E-state index in [0.717, 1.165) is 5.69 Å². The first-order chi connectivity index (χ1) is 8.85. The van der Waals surface area contributed by atoms with E-state index in [0.29, 0.717) is 17.4 Å². The minimum absolute atomic E-state index is 0.0713. The summed E-state index contributed by atoms with van der Waals surface area (Å²) in [5.41, 5.74) is 0.806. The van der Waals surface area contributed by atoms with Gasteiger partial charge in [-0.15, -0.1) is 0 Å². The number of hydrogen-bond donors (Lipinski definition) is 1. The van der Waals surface area contributed by atoms with E-state index in [-0.39, 0.29) is 5.92 Å². The number of amidine groups is 1. The summed E-state index contributed by atoms with van der Waals surface area (Å²) in [6.45, 7) is 1.31. The molecule has 3 nitrogen and oxygen atoms in total. The van der Waals surface area contributed by atoms with Crippen LogP contribution in [-0.4, -0.2) is 25.1 Å². The van der Waals surface area contributed by atoms with Crippen molar-refractivity contribution in [3.63, 3.8) is 0 Å². The van der Waals surface area contributed by atoms with Crippen LogP contribution in [0.4, 0.5) is 18.9 Å². The Kier molecular flexibility index (Phi) is 3.89. The lowest BCUT2D eigenvalue weighted by molar-refractivity contribution is -0.122. The summed E-state index contributed by atoms with van der Waals surface area (Å²) in [6.07, 6.45) is -4.24. The fraction of sp³-hybridized carbons (Fsp3) is 0.417. The number of hydrazone groups is 1. The maximum Gasteiger partial charge on any atom is 0.405 e. The molecule has 1 aromatic rings. The third-order valence-corrected chi connectivity index (χ3v) is 2.99. The molecule has 0 saturated heterocycles. The van der Waals surface area contributed by atoms with Crippen LogP contribution in [0.5, 0.6) is 0 Å². The Hall–Kier alpha value is -1.43. The van der Waals surface area contributed by atoms with Crippen LogP contribution in [0, 0.1) is 5.92 Å². The smallest absolute Gasteiger partial charge is 0.363 e. The van der Waals surface area contributed by atoms with Gasteiger partial charge in [0.1, 0.15) is 12.4 Å². The first-order valence-corrected chi connectivity index (χ1v) is 6.15. The van der Waals surface area contributed by atoms with Crippen molar-refractivity contribution >= 4 is 23.1 Å². The Morgan fingerprint density at radius 2 is 2.00 bits per heavy atom. The summed E-state index contributed by atoms with van der Waals surface area (Å²) in [7, 11) is 0. The molecule has 0 bridgehead atoms. The molecule has 0 radical (unpaired) electrons. The third kappa shape index (κ3) is 3.76. The Bertz CT molecular complexity index is 470. The average Bonchev–Trinajstić information content (AvgIpc) is 2.68. The topological polar surface area (TPSA) is 27.6 Å². The van der Waals surface area contributed by atoms with Crippen LogP contribution in [0.3, 0.4) is 0 Å². The molecule has 0 amide bonds. The zero-order valence-electron chi connectivity index (χ0n) is 10.2. The summed E-state index contributed by atoms with van der Waals surface area (Å²) in [5, 5.41) is 8.78. The molecule has 2 rings (SSSR count). The molecule has 0 aromatic heterocycles. The zero-order valence-corrected chi connectivity index (χ0v) is 11.0. The maximum absolute atomic E-state index is 12.2. The van der Waals surface area contributed by atoms with Gasteiger partial charge in [0.25, 0.3) is 0 Å². The normalized spacial score (nSPS) is 19.5. The predicted octanol–water partition coefficient (Wildman–Crippen LogP) is 3.26. The van der Waals surface area contributed by atoms with Crippen LogP contribution in [0.2, 0.25) is 5.02 Å². The van der Waals surface area contributed by atoms with Crippen molar-refractivity contribution in [2.24, 2.45) is 11.0 Å². The molecular formula is C12H13ClF3N3. The molecule has 0 saturated carbocycles. The summed E-state index contributed by atoms with van der Waals surface area (Å²) < 4.78 is 36.5. The standard InChI is InChI=1S/C12H13ClF3N3/c1-8-6-19(10-4-2-9(13)3-5-10)18-11(8)17-7-12(14,15)16/h2-5,8H,6-7H2,1H3,(H,17,18). The number of hydrogen-bond acceptors (Lipinski definition) is 3. The van der Waals surface area contributed by atoms with Crippen molar-refractivity contribution < 1.29 is 13.2 Å². The van der Waals surface area contributed by atoms with E-state index in [1.54, 1.807) is 29.3 Å². The van der Waals surface area contributed by atoms with Gasteiger partial charge in [-0.25, -0.2) is 0 Å². The summed E-state index contributed by atoms with van der Waals surface area (Å²) >= 11 is 5.78. The Morgan fingerprint density at radius 1 is 1.37 bits per heavy atom. The van der Waals surface area contributed by atoms with Crippen molar-refractivity contribution in [1.82, 2.24) is 5.32 Å². The fourth-order valence-electron chi connectivity index (χ4n) is 1.79. The zero-order chi connectivity index (χ0) is 14.0. The number of nitrogens with one attached hydrogen (secondary N) is 1. The van der Waals surface area contributed by atoms with Crippen LogP contribution in [0.1, 0.15) is 6.92 Å². The van der Waals surface area contributed by atoms with E-state index in [1.165, 1.54) is 0 Å². The van der Waals surface area contributed by atoms with E-state index >= 15 is 0 Å². The van der Waals surface area contributed by atoms with Crippen molar-refractivity contribution in [2.75, 3.05) is 18.1 Å². The highest BCUT2D eigenvalue weighted by atomic mass is 35.5. The molecule has 1 aliphatic heterocycles. The van der Waals surface area contributed by atoms with Gasteiger partial charge in [-0.3, -0.25) is 5.01 Å². The Labute approximate surface area is 114 Å². The summed E-state index contributed by atoms with van der Waals surface area (Å²) in [6, 6.07) is 7.01. The number of anilines is 1. The number of rotatable bonds is 2. The van der Waals surface area contributed by atoms with Crippen molar-refractivity contribution in [3.8, 4) is 0 Å². The van der Waals surface area contributed by atoms with Crippen molar-refractivity contribution in [1.29, 1.82) is 0 Å². The minimum atomic E-state index is -4.24. The van der Waals surface area contributed by atoms with Gasteiger partial charge in [0.2, 0.25) is 0 Å². The highest BCUT2D eigenvalue weighted by Gasteiger charge is 2.30. The molecule has 1 heterocycles. The van der Waals surface area contributed by atoms with Gasteiger partial charge in [-0.05, 0) is 24.3 Å². The molecule has 0 aliphatic carbocycles. The lowest BCUT2D eigenvalue weighted by Crippen LogP contribution is -2.36. The van der Waals surface area contributed by atoms with Gasteiger partial charge in [0.05, 0.1) is 12.2 Å². The second-order valence-electron chi connectivity index (χ2n) is 4.41. The quantitative estimate of drug-likeness (QED) is 0.906. The SMILES string of the molecule is CC1CN(c2ccc(Cl)cc2)N=C1NCC(F)(F)F. The predicted molar refractivity (Wildman–Crippen MR) is 69.5 cm³/mol. The monoisotopic (exact) mass is 291 g/mol. The third-order valence-electron chi connectivity index (χ3n) is 2.74. The second kappa shape index (κ2) is 5.28. The molecule has 104 valence electrons. The number of alkyl halides is 3. The van der Waals surface area contributed by atoms with Crippen LogP contribution >= 0.6 is 11.6 Å². The number of halogens is 4. The van der Waals surface area contributed by atoms with E-state index in [1.807, 2.05) is 6.92 Å². The van der Waals surface area contributed by atoms with Gasteiger partial charge in [0.15, 0.2) is 0 Å². The fourth-order valence-corrected chi connectivity index (χ4v) is 1.92. The molecule has 0 spiro atoms. The van der Waals surface area contributed by atoms with Crippen molar-refractivity contribution in [2.45, 2.75) is 13.1 Å². The molecule has 1 N–H and O–H groups in total. The van der Waals surface area contributed by atoms with E-state index in [4.69, 9.17) is 11.6 Å². The molecule has 1 atom stereocenters. The number of nitrogens with zero attached hydrogens (tertiary/aromatic N) is 2. The Balaban J connectivity index is 2.05. The molecule has 1 aromatic carbocycles. The number of benzene rings is 1. The van der Waals surface area contributed by atoms with Gasteiger partial charge in [-0.1, -0.05) is 18.5 Å². The highest BCUT2D eigenvalue weighted by Crippen LogP contribution is 2.23. The van der Waals surface area contributed by atoms with Gasteiger partial charge >= 0.3 is 6.18 Å². The first-order valence-electron chi connectivity index (χ1n) is 5.77. The average molecular weight is 292 g/mol. The molecule has 19 heavy (non-hydrogen) atoms. The minimum Gasteiger partial charge on any atom is -0.363 e. The van der Waals surface area contributed by atoms with Gasteiger partial charge in [-0.2, -0.15) is 18.3 Å². The summed E-state index contributed by atoms with van der Waals surface area (Å²) in [5.74, 6) is 0.283.